The van der Waals surface area contributed by atoms with Crippen LogP contribution in [0.5, 0.6) is 11.5 Å². The van der Waals surface area contributed by atoms with E-state index in [9.17, 15) is 15.2 Å². The summed E-state index contributed by atoms with van der Waals surface area (Å²) < 4.78 is 5.75. The minimum absolute atomic E-state index is 0.0773. The van der Waals surface area contributed by atoms with Crippen molar-refractivity contribution in [3.8, 4) is 17.6 Å². The van der Waals surface area contributed by atoms with Crippen LogP contribution in [-0.2, 0) is 0 Å². The van der Waals surface area contributed by atoms with Crippen LogP contribution in [0.4, 0.5) is 0 Å². The average molecular weight is 299 g/mol. The summed E-state index contributed by atoms with van der Waals surface area (Å²) in [4.78, 5) is 12.1. The molecular formula is C16H13NO3S. The minimum Gasteiger partial charge on any atom is -0.478 e. The third-order valence-corrected chi connectivity index (χ3v) is 3.75. The number of nitriles is 1. The molecule has 0 spiro atoms. The highest BCUT2D eigenvalue weighted by Gasteiger charge is 2.16. The van der Waals surface area contributed by atoms with E-state index in [0.29, 0.717) is 16.9 Å². The average Bonchev–Trinajstić information content (AvgIpc) is 2.48. The van der Waals surface area contributed by atoms with Gasteiger partial charge in [-0.1, -0.05) is 18.2 Å². The monoisotopic (exact) mass is 299 g/mol. The van der Waals surface area contributed by atoms with Crippen molar-refractivity contribution in [3.05, 3.63) is 53.1 Å². The Balaban J connectivity index is 2.54. The number of aromatic carboxylic acids is 1. The number of carboxylic acid groups (broad SMARTS) is 1. The quantitative estimate of drug-likeness (QED) is 0.861. The number of rotatable bonds is 4. The maximum absolute atomic E-state index is 11.3. The van der Waals surface area contributed by atoms with Gasteiger partial charge in [-0.2, -0.15) is 5.26 Å². The van der Waals surface area contributed by atoms with Crippen molar-refractivity contribution in [2.45, 2.75) is 11.8 Å². The number of hydrogen-bond donors (Lipinski definition) is 1. The molecule has 0 radical (unpaired) electrons. The van der Waals surface area contributed by atoms with Gasteiger partial charge in [0.05, 0.1) is 0 Å². The molecule has 0 atom stereocenters. The van der Waals surface area contributed by atoms with Gasteiger partial charge in [-0.15, -0.1) is 11.8 Å². The molecule has 0 unspecified atom stereocenters. The molecule has 0 fully saturated rings. The van der Waals surface area contributed by atoms with Crippen LogP contribution < -0.4 is 4.74 Å². The van der Waals surface area contributed by atoms with Crippen molar-refractivity contribution in [1.29, 1.82) is 5.26 Å². The van der Waals surface area contributed by atoms with E-state index in [1.54, 1.807) is 31.2 Å². The van der Waals surface area contributed by atoms with Gasteiger partial charge in [0.25, 0.3) is 0 Å². The summed E-state index contributed by atoms with van der Waals surface area (Å²) in [5.41, 5.74) is 1.19. The fourth-order valence-corrected chi connectivity index (χ4v) is 2.51. The van der Waals surface area contributed by atoms with E-state index in [2.05, 4.69) is 6.07 Å². The highest BCUT2D eigenvalue weighted by Crippen LogP contribution is 2.34. The maximum Gasteiger partial charge on any atom is 0.339 e. The fourth-order valence-electron chi connectivity index (χ4n) is 1.94. The molecule has 0 amide bonds. The van der Waals surface area contributed by atoms with Gasteiger partial charge >= 0.3 is 5.97 Å². The topological polar surface area (TPSA) is 70.3 Å². The van der Waals surface area contributed by atoms with Crippen molar-refractivity contribution in [1.82, 2.24) is 0 Å². The normalized spacial score (nSPS) is 9.95. The number of ether oxygens (including phenoxy) is 1. The van der Waals surface area contributed by atoms with Crippen LogP contribution in [0.3, 0.4) is 0 Å². The van der Waals surface area contributed by atoms with Crippen LogP contribution in [-0.4, -0.2) is 17.3 Å². The first-order valence-electron chi connectivity index (χ1n) is 6.16. The van der Waals surface area contributed by atoms with Crippen molar-refractivity contribution in [2.24, 2.45) is 0 Å². The Morgan fingerprint density at radius 1 is 1.29 bits per heavy atom. The lowest BCUT2D eigenvalue weighted by Crippen LogP contribution is -2.02. The van der Waals surface area contributed by atoms with E-state index in [0.717, 1.165) is 4.90 Å². The summed E-state index contributed by atoms with van der Waals surface area (Å²) in [6.45, 7) is 1.77. The molecule has 106 valence electrons. The first kappa shape index (κ1) is 14.9. The van der Waals surface area contributed by atoms with Crippen molar-refractivity contribution in [2.75, 3.05) is 6.26 Å². The van der Waals surface area contributed by atoms with E-state index in [1.807, 2.05) is 12.3 Å². The molecule has 2 aromatic carbocycles. The Labute approximate surface area is 127 Å². The van der Waals surface area contributed by atoms with Gasteiger partial charge in [0.2, 0.25) is 0 Å². The predicted octanol–water partition coefficient (Wildman–Crippen LogP) is 4.08. The minimum atomic E-state index is -1.06. The number of carboxylic acids is 1. The summed E-state index contributed by atoms with van der Waals surface area (Å²) in [5.74, 6) is -0.436. The van der Waals surface area contributed by atoms with Gasteiger partial charge in [-0.25, -0.2) is 4.79 Å². The van der Waals surface area contributed by atoms with E-state index >= 15 is 0 Å². The van der Waals surface area contributed by atoms with Crippen LogP contribution in [0, 0.1) is 18.3 Å². The number of hydrogen-bond acceptors (Lipinski definition) is 4. The Hall–Kier alpha value is -2.45. The summed E-state index contributed by atoms with van der Waals surface area (Å²) in [6, 6.07) is 12.3. The lowest BCUT2D eigenvalue weighted by Gasteiger charge is -2.13. The first-order chi connectivity index (χ1) is 10.1. The standard InChI is InChI=1S/C16H13NO3S/c1-10-5-3-6-11(16(18)19)15(10)20-13-7-4-8-14(21-2)12(13)9-17/h3-8H,1-2H3,(H,18,19). The number of nitrogens with zero attached hydrogens (tertiary/aromatic N) is 1. The highest BCUT2D eigenvalue weighted by atomic mass is 32.2. The Bertz CT molecular complexity index is 735. The second kappa shape index (κ2) is 6.33. The smallest absolute Gasteiger partial charge is 0.339 e. The molecule has 2 rings (SSSR count). The van der Waals surface area contributed by atoms with Crippen LogP contribution in [0.2, 0.25) is 0 Å². The molecule has 5 heteroatoms. The van der Waals surface area contributed by atoms with Crippen LogP contribution in [0.15, 0.2) is 41.3 Å². The Kier molecular flexibility index (Phi) is 4.51. The molecule has 0 saturated carbocycles. The van der Waals surface area contributed by atoms with E-state index in [1.165, 1.54) is 17.8 Å². The Morgan fingerprint density at radius 3 is 2.62 bits per heavy atom. The highest BCUT2D eigenvalue weighted by molar-refractivity contribution is 7.98. The molecule has 1 N–H and O–H groups in total. The van der Waals surface area contributed by atoms with E-state index in [4.69, 9.17) is 4.74 Å². The van der Waals surface area contributed by atoms with Crippen molar-refractivity contribution >= 4 is 17.7 Å². The van der Waals surface area contributed by atoms with Gasteiger partial charge < -0.3 is 9.84 Å². The number of para-hydroxylation sites is 1. The molecule has 0 bridgehead atoms. The van der Waals surface area contributed by atoms with Crippen molar-refractivity contribution in [3.63, 3.8) is 0 Å². The summed E-state index contributed by atoms with van der Waals surface area (Å²) in [6.07, 6.45) is 1.87. The molecule has 0 heterocycles. The fraction of sp³-hybridized carbons (Fsp3) is 0.125. The summed E-state index contributed by atoms with van der Waals surface area (Å²) in [7, 11) is 0. The molecule has 0 saturated heterocycles. The van der Waals surface area contributed by atoms with Gasteiger partial charge in [0.15, 0.2) is 0 Å². The number of aryl methyl sites for hydroxylation is 1. The van der Waals surface area contributed by atoms with Gasteiger partial charge in [0, 0.05) is 4.90 Å². The molecule has 21 heavy (non-hydrogen) atoms. The zero-order valence-corrected chi connectivity index (χ0v) is 12.4. The molecule has 0 aliphatic carbocycles. The van der Waals surface area contributed by atoms with Gasteiger partial charge in [-0.05, 0) is 36.9 Å². The predicted molar refractivity (Wildman–Crippen MR) is 81.2 cm³/mol. The molecule has 0 aliphatic rings. The van der Waals surface area contributed by atoms with Gasteiger partial charge in [0.1, 0.15) is 28.7 Å². The largest absolute Gasteiger partial charge is 0.478 e. The third-order valence-electron chi connectivity index (χ3n) is 2.97. The van der Waals surface area contributed by atoms with Crippen molar-refractivity contribution < 1.29 is 14.6 Å². The van der Waals surface area contributed by atoms with Gasteiger partial charge in [-0.3, -0.25) is 0 Å². The second-order valence-corrected chi connectivity index (χ2v) is 5.15. The Morgan fingerprint density at radius 2 is 2.00 bits per heavy atom. The van der Waals surface area contributed by atoms with Crippen LogP contribution in [0.25, 0.3) is 0 Å². The second-order valence-electron chi connectivity index (χ2n) is 4.30. The van der Waals surface area contributed by atoms with Crippen LogP contribution >= 0.6 is 11.8 Å². The third kappa shape index (κ3) is 3.01. The van der Waals surface area contributed by atoms with E-state index < -0.39 is 5.97 Å². The number of thioether (sulfide) groups is 1. The number of carbonyl (C=O) groups is 1. The molecular weight excluding hydrogens is 286 g/mol. The lowest BCUT2D eigenvalue weighted by atomic mass is 10.1. The zero-order valence-electron chi connectivity index (χ0n) is 11.6. The van der Waals surface area contributed by atoms with Crippen LogP contribution in [0.1, 0.15) is 21.5 Å². The molecule has 0 aromatic heterocycles. The molecule has 2 aromatic rings. The SMILES string of the molecule is CSc1cccc(Oc2c(C)cccc2C(=O)O)c1C#N. The zero-order chi connectivity index (χ0) is 15.4. The first-order valence-corrected chi connectivity index (χ1v) is 7.38. The summed E-state index contributed by atoms with van der Waals surface area (Å²) >= 11 is 1.44. The molecule has 4 nitrogen and oxygen atoms in total. The summed E-state index contributed by atoms with van der Waals surface area (Å²) in [5, 5.41) is 18.5. The van der Waals surface area contributed by atoms with E-state index in [-0.39, 0.29) is 11.3 Å². The molecule has 0 aliphatic heterocycles. The maximum atomic E-state index is 11.3. The lowest BCUT2D eigenvalue weighted by molar-refractivity contribution is 0.0694. The number of benzene rings is 2.